The number of hydrogen-bond acceptors (Lipinski definition) is 4. The number of aliphatic hydroxyl groups is 1. The van der Waals surface area contributed by atoms with E-state index in [4.69, 9.17) is 4.74 Å². The molecule has 0 aromatic carbocycles. The predicted molar refractivity (Wildman–Crippen MR) is 52.9 cm³/mol. The number of ether oxygens (including phenoxy) is 1. The van der Waals surface area contributed by atoms with Crippen LogP contribution in [0.3, 0.4) is 0 Å². The zero-order valence-corrected chi connectivity index (χ0v) is 9.12. The first-order valence-corrected chi connectivity index (χ1v) is 5.06. The van der Waals surface area contributed by atoms with Gasteiger partial charge in [0.25, 0.3) is 0 Å². The number of β-amino-alcohol motifs (C(OH)–C–C–N with tert-alkyl or cyclic N) is 1. The highest BCUT2D eigenvalue weighted by Crippen LogP contribution is 2.23. The summed E-state index contributed by atoms with van der Waals surface area (Å²) in [7, 11) is 0. The monoisotopic (exact) mass is 201 g/mol. The molecule has 0 radical (unpaired) electrons. The van der Waals surface area contributed by atoms with E-state index >= 15 is 0 Å². The van der Waals surface area contributed by atoms with E-state index in [9.17, 15) is 9.90 Å². The second kappa shape index (κ2) is 4.28. The third-order valence-corrected chi connectivity index (χ3v) is 2.48. The molecule has 0 aliphatic carbocycles. The molecule has 0 bridgehead atoms. The smallest absolute Gasteiger partial charge is 0.307 e. The molecule has 1 unspecified atom stereocenters. The molecule has 0 aromatic heterocycles. The van der Waals surface area contributed by atoms with Gasteiger partial charge in [0, 0.05) is 19.1 Å². The Hall–Kier alpha value is -0.610. The third kappa shape index (κ3) is 2.96. The molecule has 1 heterocycles. The Kier molecular flexibility index (Phi) is 3.50. The van der Waals surface area contributed by atoms with Gasteiger partial charge in [-0.3, -0.25) is 9.69 Å². The Morgan fingerprint density at radius 1 is 1.64 bits per heavy atom. The van der Waals surface area contributed by atoms with E-state index < -0.39 is 5.60 Å². The van der Waals surface area contributed by atoms with Crippen molar-refractivity contribution in [2.24, 2.45) is 0 Å². The maximum atomic E-state index is 11.1. The van der Waals surface area contributed by atoms with Crippen molar-refractivity contribution in [3.8, 4) is 0 Å². The molecule has 82 valence electrons. The molecular weight excluding hydrogens is 182 g/mol. The van der Waals surface area contributed by atoms with Crippen LogP contribution in [0.2, 0.25) is 0 Å². The van der Waals surface area contributed by atoms with Crippen molar-refractivity contribution in [3.63, 3.8) is 0 Å². The summed E-state index contributed by atoms with van der Waals surface area (Å²) in [6.07, 6.45) is 0.407. The van der Waals surface area contributed by atoms with Crippen molar-refractivity contribution in [3.05, 3.63) is 0 Å². The summed E-state index contributed by atoms with van der Waals surface area (Å²) >= 11 is 0. The van der Waals surface area contributed by atoms with E-state index in [1.807, 2.05) is 6.92 Å². The summed E-state index contributed by atoms with van der Waals surface area (Å²) in [5, 5.41) is 9.51. The molecule has 14 heavy (non-hydrogen) atoms. The van der Waals surface area contributed by atoms with Gasteiger partial charge in [-0.25, -0.2) is 0 Å². The van der Waals surface area contributed by atoms with Crippen LogP contribution in [-0.2, 0) is 9.53 Å². The fourth-order valence-electron chi connectivity index (χ4n) is 1.73. The van der Waals surface area contributed by atoms with E-state index in [0.29, 0.717) is 26.1 Å². The summed E-state index contributed by atoms with van der Waals surface area (Å²) in [6.45, 7) is 7.31. The lowest BCUT2D eigenvalue weighted by atomic mass is 9.94. The number of likely N-dealkylation sites (tertiary alicyclic amines) is 1. The van der Waals surface area contributed by atoms with Gasteiger partial charge in [-0.15, -0.1) is 0 Å². The fraction of sp³-hybridized carbons (Fsp3) is 0.900. The first kappa shape index (κ1) is 11.5. The molecule has 4 heteroatoms. The second-order valence-corrected chi connectivity index (χ2v) is 4.26. The molecule has 1 N–H and O–H groups in total. The summed E-state index contributed by atoms with van der Waals surface area (Å²) in [4.78, 5) is 13.2. The van der Waals surface area contributed by atoms with E-state index in [2.05, 4.69) is 4.90 Å². The first-order chi connectivity index (χ1) is 6.44. The van der Waals surface area contributed by atoms with Crippen LogP contribution in [0.1, 0.15) is 27.2 Å². The standard InChI is InChI=1S/C10H19NO3/c1-4-14-9(12)5-8(2)11-6-10(3,13)7-11/h8,13H,4-7H2,1-3H3. The molecule has 1 rings (SSSR count). The SMILES string of the molecule is CCOC(=O)CC(C)N1CC(C)(O)C1. The Bertz CT molecular complexity index is 207. The molecule has 0 saturated carbocycles. The maximum absolute atomic E-state index is 11.1. The molecule has 0 amide bonds. The zero-order valence-electron chi connectivity index (χ0n) is 9.12. The van der Waals surface area contributed by atoms with Crippen molar-refractivity contribution >= 4 is 5.97 Å². The minimum atomic E-state index is -0.567. The number of esters is 1. The largest absolute Gasteiger partial charge is 0.466 e. The first-order valence-electron chi connectivity index (χ1n) is 5.06. The van der Waals surface area contributed by atoms with Gasteiger partial charge in [-0.1, -0.05) is 0 Å². The van der Waals surface area contributed by atoms with E-state index in [1.165, 1.54) is 0 Å². The van der Waals surface area contributed by atoms with Gasteiger partial charge < -0.3 is 9.84 Å². The molecule has 4 nitrogen and oxygen atoms in total. The molecule has 1 saturated heterocycles. The Morgan fingerprint density at radius 2 is 2.21 bits per heavy atom. The highest BCUT2D eigenvalue weighted by Gasteiger charge is 2.39. The van der Waals surface area contributed by atoms with Crippen molar-refractivity contribution in [1.29, 1.82) is 0 Å². The van der Waals surface area contributed by atoms with Gasteiger partial charge in [0.1, 0.15) is 0 Å². The van der Waals surface area contributed by atoms with E-state index in [-0.39, 0.29) is 12.0 Å². The molecular formula is C10H19NO3. The Morgan fingerprint density at radius 3 is 2.64 bits per heavy atom. The summed E-state index contributed by atoms with van der Waals surface area (Å²) < 4.78 is 4.86. The minimum Gasteiger partial charge on any atom is -0.466 e. The number of nitrogens with zero attached hydrogens (tertiary/aromatic N) is 1. The van der Waals surface area contributed by atoms with E-state index in [1.54, 1.807) is 13.8 Å². The lowest BCUT2D eigenvalue weighted by molar-refractivity contribution is -0.148. The normalized spacial score (nSPS) is 22.6. The van der Waals surface area contributed by atoms with Crippen molar-refractivity contribution in [2.45, 2.75) is 38.8 Å². The van der Waals surface area contributed by atoms with Gasteiger partial charge in [-0.05, 0) is 20.8 Å². The second-order valence-electron chi connectivity index (χ2n) is 4.26. The fourth-order valence-corrected chi connectivity index (χ4v) is 1.73. The van der Waals surface area contributed by atoms with Crippen LogP contribution in [-0.4, -0.2) is 47.3 Å². The topological polar surface area (TPSA) is 49.8 Å². The minimum absolute atomic E-state index is 0.161. The zero-order chi connectivity index (χ0) is 10.8. The van der Waals surface area contributed by atoms with Crippen molar-refractivity contribution < 1.29 is 14.6 Å². The number of carbonyl (C=O) groups excluding carboxylic acids is 1. The highest BCUT2D eigenvalue weighted by atomic mass is 16.5. The van der Waals surface area contributed by atoms with Crippen LogP contribution in [0.25, 0.3) is 0 Å². The molecule has 1 aliphatic rings. The Labute approximate surface area is 84.8 Å². The van der Waals surface area contributed by atoms with Crippen LogP contribution in [0.5, 0.6) is 0 Å². The van der Waals surface area contributed by atoms with Crippen LogP contribution in [0.15, 0.2) is 0 Å². The summed E-state index contributed by atoms with van der Waals surface area (Å²) in [5.41, 5.74) is -0.567. The average molecular weight is 201 g/mol. The molecule has 1 aliphatic heterocycles. The number of rotatable bonds is 4. The van der Waals surface area contributed by atoms with Gasteiger partial charge in [0.15, 0.2) is 0 Å². The van der Waals surface area contributed by atoms with Gasteiger partial charge >= 0.3 is 5.97 Å². The average Bonchev–Trinajstić information content (AvgIpc) is 2.00. The van der Waals surface area contributed by atoms with Crippen LogP contribution in [0.4, 0.5) is 0 Å². The van der Waals surface area contributed by atoms with E-state index in [0.717, 1.165) is 0 Å². The number of hydrogen-bond donors (Lipinski definition) is 1. The summed E-state index contributed by atoms with van der Waals surface area (Å²) in [6, 6.07) is 0.161. The third-order valence-electron chi connectivity index (χ3n) is 2.48. The number of carbonyl (C=O) groups is 1. The van der Waals surface area contributed by atoms with Crippen LogP contribution >= 0.6 is 0 Å². The quantitative estimate of drug-likeness (QED) is 0.669. The van der Waals surface area contributed by atoms with Gasteiger partial charge in [-0.2, -0.15) is 0 Å². The van der Waals surface area contributed by atoms with Crippen molar-refractivity contribution in [2.75, 3.05) is 19.7 Å². The highest BCUT2D eigenvalue weighted by molar-refractivity contribution is 5.70. The van der Waals surface area contributed by atoms with Crippen molar-refractivity contribution in [1.82, 2.24) is 4.90 Å². The van der Waals surface area contributed by atoms with Gasteiger partial charge in [0.2, 0.25) is 0 Å². The maximum Gasteiger partial charge on any atom is 0.307 e. The molecule has 0 aromatic rings. The summed E-state index contributed by atoms with van der Waals surface area (Å²) in [5.74, 6) is -0.161. The molecule has 1 atom stereocenters. The molecule has 1 fully saturated rings. The lowest BCUT2D eigenvalue weighted by Crippen LogP contribution is -2.62. The van der Waals surface area contributed by atoms with Crippen LogP contribution in [0, 0.1) is 0 Å². The predicted octanol–water partition coefficient (Wildman–Crippen LogP) is 0.395. The van der Waals surface area contributed by atoms with Crippen LogP contribution < -0.4 is 0 Å². The molecule has 0 spiro atoms. The lowest BCUT2D eigenvalue weighted by Gasteiger charge is -2.47. The Balaban J connectivity index is 2.23. The van der Waals surface area contributed by atoms with Gasteiger partial charge in [0.05, 0.1) is 18.6 Å².